The lowest BCUT2D eigenvalue weighted by molar-refractivity contribution is 0.240. The molecule has 3 heteroatoms. The zero-order chi connectivity index (χ0) is 12.3. The van der Waals surface area contributed by atoms with Crippen LogP contribution in [0.5, 0.6) is 0 Å². The molecule has 1 heterocycles. The molecule has 1 saturated carbocycles. The van der Waals surface area contributed by atoms with Crippen molar-refractivity contribution in [2.45, 2.75) is 45.6 Å². The fourth-order valence-corrected chi connectivity index (χ4v) is 4.09. The molecule has 0 aromatic carbocycles. The van der Waals surface area contributed by atoms with Crippen molar-refractivity contribution in [2.24, 2.45) is 11.8 Å². The van der Waals surface area contributed by atoms with Crippen molar-refractivity contribution in [3.8, 4) is 0 Å². The van der Waals surface area contributed by atoms with Gasteiger partial charge in [0.1, 0.15) is 0 Å². The molecule has 17 heavy (non-hydrogen) atoms. The van der Waals surface area contributed by atoms with Crippen LogP contribution in [0.4, 0.5) is 0 Å². The normalized spacial score (nSPS) is 29.5. The molecular formula is C14H22ClNS. The number of nitrogens with one attached hydrogen (secondary N) is 1. The van der Waals surface area contributed by atoms with Gasteiger partial charge in [0.05, 0.1) is 4.34 Å². The van der Waals surface area contributed by atoms with Crippen molar-refractivity contribution in [2.75, 3.05) is 6.54 Å². The van der Waals surface area contributed by atoms with Gasteiger partial charge in [-0.3, -0.25) is 0 Å². The Balaban J connectivity index is 1.71. The number of hydrogen-bond donors (Lipinski definition) is 1. The molecule has 1 aliphatic carbocycles. The molecule has 0 saturated heterocycles. The smallest absolute Gasteiger partial charge is 0.0931 e. The molecule has 1 N–H and O–H groups in total. The van der Waals surface area contributed by atoms with Crippen LogP contribution in [0.25, 0.3) is 0 Å². The van der Waals surface area contributed by atoms with E-state index in [9.17, 15) is 0 Å². The quantitative estimate of drug-likeness (QED) is 0.858. The molecule has 1 aromatic heterocycles. The highest BCUT2D eigenvalue weighted by Crippen LogP contribution is 2.28. The van der Waals surface area contributed by atoms with Crippen molar-refractivity contribution < 1.29 is 0 Å². The summed E-state index contributed by atoms with van der Waals surface area (Å²) in [5.41, 5.74) is 0. The predicted molar refractivity (Wildman–Crippen MR) is 77.0 cm³/mol. The third-order valence-electron chi connectivity index (χ3n) is 3.61. The summed E-state index contributed by atoms with van der Waals surface area (Å²) in [6, 6.07) is 4.86. The molecule has 0 amide bonds. The Morgan fingerprint density at radius 3 is 2.53 bits per heavy atom. The third-order valence-corrected chi connectivity index (χ3v) is 4.90. The van der Waals surface area contributed by atoms with E-state index in [-0.39, 0.29) is 0 Å². The Labute approximate surface area is 114 Å². The lowest BCUT2D eigenvalue weighted by Gasteiger charge is -2.32. The molecular weight excluding hydrogens is 250 g/mol. The maximum atomic E-state index is 5.92. The second-order valence-electron chi connectivity index (χ2n) is 5.52. The average Bonchev–Trinajstić information content (AvgIpc) is 2.63. The van der Waals surface area contributed by atoms with Gasteiger partial charge in [-0.1, -0.05) is 25.4 Å². The molecule has 96 valence electrons. The van der Waals surface area contributed by atoms with Crippen LogP contribution in [0, 0.1) is 11.8 Å². The van der Waals surface area contributed by atoms with Crippen LogP contribution < -0.4 is 5.32 Å². The van der Waals surface area contributed by atoms with E-state index in [1.54, 1.807) is 11.3 Å². The van der Waals surface area contributed by atoms with Gasteiger partial charge in [-0.15, -0.1) is 11.3 Å². The Hall–Kier alpha value is -0.0500. The molecule has 2 rings (SSSR count). The lowest BCUT2D eigenvalue weighted by Crippen LogP contribution is -2.37. The highest BCUT2D eigenvalue weighted by Gasteiger charge is 2.23. The minimum absolute atomic E-state index is 0.726. The molecule has 1 aliphatic rings. The van der Waals surface area contributed by atoms with Gasteiger partial charge >= 0.3 is 0 Å². The van der Waals surface area contributed by atoms with Crippen LogP contribution in [0.3, 0.4) is 0 Å². The molecule has 0 spiro atoms. The molecule has 2 unspecified atom stereocenters. The zero-order valence-electron chi connectivity index (χ0n) is 10.7. The SMILES string of the molecule is CC1CC(C)CC(NCCc2ccc(Cl)s2)C1. The molecule has 0 aliphatic heterocycles. The lowest BCUT2D eigenvalue weighted by atomic mass is 9.80. The monoisotopic (exact) mass is 271 g/mol. The van der Waals surface area contributed by atoms with Crippen LogP contribution in [-0.4, -0.2) is 12.6 Å². The molecule has 1 fully saturated rings. The van der Waals surface area contributed by atoms with Crippen molar-refractivity contribution >= 4 is 22.9 Å². The summed E-state index contributed by atoms with van der Waals surface area (Å²) in [5, 5.41) is 3.70. The fraction of sp³-hybridized carbons (Fsp3) is 0.714. The maximum absolute atomic E-state index is 5.92. The minimum atomic E-state index is 0.726. The minimum Gasteiger partial charge on any atom is -0.314 e. The molecule has 1 aromatic rings. The summed E-state index contributed by atoms with van der Waals surface area (Å²) in [6.07, 6.45) is 5.19. The Bertz CT molecular complexity index is 340. The van der Waals surface area contributed by atoms with Crippen molar-refractivity contribution in [3.63, 3.8) is 0 Å². The van der Waals surface area contributed by atoms with Gasteiger partial charge < -0.3 is 5.32 Å². The van der Waals surface area contributed by atoms with Crippen molar-refractivity contribution in [1.82, 2.24) is 5.32 Å². The van der Waals surface area contributed by atoms with Gasteiger partial charge in [0.25, 0.3) is 0 Å². The Morgan fingerprint density at radius 2 is 1.94 bits per heavy atom. The first kappa shape index (κ1) is 13.4. The number of halogens is 1. The van der Waals surface area contributed by atoms with Crippen LogP contribution >= 0.6 is 22.9 Å². The van der Waals surface area contributed by atoms with Gasteiger partial charge in [-0.2, -0.15) is 0 Å². The van der Waals surface area contributed by atoms with E-state index >= 15 is 0 Å². The van der Waals surface area contributed by atoms with Crippen molar-refractivity contribution in [1.29, 1.82) is 0 Å². The highest BCUT2D eigenvalue weighted by molar-refractivity contribution is 7.16. The van der Waals surface area contributed by atoms with E-state index in [1.165, 1.54) is 24.1 Å². The van der Waals surface area contributed by atoms with E-state index < -0.39 is 0 Å². The second-order valence-corrected chi connectivity index (χ2v) is 7.32. The number of hydrogen-bond acceptors (Lipinski definition) is 2. The van der Waals surface area contributed by atoms with Gasteiger partial charge in [-0.05, 0) is 49.7 Å². The molecule has 2 atom stereocenters. The Morgan fingerprint density at radius 1 is 1.24 bits per heavy atom. The molecule has 0 bridgehead atoms. The first-order valence-corrected chi connectivity index (χ1v) is 7.80. The molecule has 0 radical (unpaired) electrons. The highest BCUT2D eigenvalue weighted by atomic mass is 35.5. The van der Waals surface area contributed by atoms with E-state index in [4.69, 9.17) is 11.6 Å². The second kappa shape index (κ2) is 6.21. The maximum Gasteiger partial charge on any atom is 0.0931 e. The Kier molecular flexibility index (Phi) is 4.89. The summed E-state index contributed by atoms with van der Waals surface area (Å²) in [5.74, 6) is 1.76. The zero-order valence-corrected chi connectivity index (χ0v) is 12.3. The van der Waals surface area contributed by atoms with E-state index in [0.717, 1.165) is 35.2 Å². The van der Waals surface area contributed by atoms with Crippen molar-refractivity contribution in [3.05, 3.63) is 21.3 Å². The summed E-state index contributed by atoms with van der Waals surface area (Å²) in [6.45, 7) is 5.84. The fourth-order valence-electron chi connectivity index (χ4n) is 3.00. The van der Waals surface area contributed by atoms with Crippen LogP contribution in [0.15, 0.2) is 12.1 Å². The van der Waals surface area contributed by atoms with Gasteiger partial charge in [0.2, 0.25) is 0 Å². The first-order chi connectivity index (χ1) is 8.13. The van der Waals surface area contributed by atoms with Gasteiger partial charge in [0, 0.05) is 17.5 Å². The molecule has 1 nitrogen and oxygen atoms in total. The standard InChI is InChI=1S/C14H22ClNS/c1-10-7-11(2)9-12(8-10)16-6-5-13-3-4-14(15)17-13/h3-4,10-12,16H,5-9H2,1-2H3. The summed E-state index contributed by atoms with van der Waals surface area (Å²) >= 11 is 7.63. The number of thiophene rings is 1. The average molecular weight is 272 g/mol. The summed E-state index contributed by atoms with van der Waals surface area (Å²) in [7, 11) is 0. The van der Waals surface area contributed by atoms with E-state index in [0.29, 0.717) is 0 Å². The van der Waals surface area contributed by atoms with Gasteiger partial charge in [0.15, 0.2) is 0 Å². The number of rotatable bonds is 4. The first-order valence-electron chi connectivity index (χ1n) is 6.61. The van der Waals surface area contributed by atoms with Crippen LogP contribution in [0.1, 0.15) is 38.0 Å². The predicted octanol–water partition coefficient (Wildman–Crippen LogP) is 4.36. The van der Waals surface area contributed by atoms with E-state index in [1.807, 2.05) is 6.07 Å². The van der Waals surface area contributed by atoms with Gasteiger partial charge in [-0.25, -0.2) is 0 Å². The third kappa shape index (κ3) is 4.27. The van der Waals surface area contributed by atoms with Crippen LogP contribution in [0.2, 0.25) is 4.34 Å². The largest absolute Gasteiger partial charge is 0.314 e. The summed E-state index contributed by atoms with van der Waals surface area (Å²) < 4.78 is 0.903. The van der Waals surface area contributed by atoms with E-state index in [2.05, 4.69) is 25.2 Å². The van der Waals surface area contributed by atoms with Crippen LogP contribution in [-0.2, 0) is 6.42 Å². The topological polar surface area (TPSA) is 12.0 Å². The summed E-state index contributed by atoms with van der Waals surface area (Å²) in [4.78, 5) is 1.39.